The summed E-state index contributed by atoms with van der Waals surface area (Å²) in [6, 6.07) is 3.40. The Bertz CT molecular complexity index is 372. The van der Waals surface area contributed by atoms with Crippen LogP contribution in [0.15, 0.2) is 28.4 Å². The summed E-state index contributed by atoms with van der Waals surface area (Å²) in [6.45, 7) is 0. The monoisotopic (exact) mass is 178 g/mol. The molecule has 0 N–H and O–H groups in total. The Morgan fingerprint density at radius 3 is 2.77 bits per heavy atom. The largest absolute Gasteiger partial charge is 0.465 e. The molecule has 0 amide bonds. The summed E-state index contributed by atoms with van der Waals surface area (Å²) in [5.41, 5.74) is 0.333. The smallest absolute Gasteiger partial charge is 0.342 e. The molecule has 0 unspecified atom stereocenters. The molecule has 0 radical (unpaired) electrons. The predicted octanol–water partition coefficient (Wildman–Crippen LogP) is 1.14. The van der Waals surface area contributed by atoms with Crippen molar-refractivity contribution in [1.82, 2.24) is 0 Å². The van der Waals surface area contributed by atoms with Crippen LogP contribution in [0.4, 0.5) is 0 Å². The standard InChI is InChI=1S/C9H6O4/c10-8-5-6(9(11)13-8)4-7-2-1-3-12-7/h1-4H,5H2/b6-4-. The van der Waals surface area contributed by atoms with Gasteiger partial charge in [0.05, 0.1) is 18.3 Å². The zero-order valence-corrected chi connectivity index (χ0v) is 6.65. The van der Waals surface area contributed by atoms with Crippen LogP contribution in [0.1, 0.15) is 12.2 Å². The van der Waals surface area contributed by atoms with Gasteiger partial charge in [0, 0.05) is 0 Å². The van der Waals surface area contributed by atoms with Crippen LogP contribution < -0.4 is 0 Å². The highest BCUT2D eigenvalue weighted by Crippen LogP contribution is 2.18. The number of rotatable bonds is 1. The molecule has 1 aliphatic heterocycles. The number of esters is 2. The van der Waals surface area contributed by atoms with Crippen molar-refractivity contribution >= 4 is 18.0 Å². The van der Waals surface area contributed by atoms with Gasteiger partial charge in [-0.05, 0) is 18.2 Å². The second-order valence-corrected chi connectivity index (χ2v) is 2.62. The van der Waals surface area contributed by atoms with Gasteiger partial charge in [-0.1, -0.05) is 0 Å². The molecule has 4 heteroatoms. The van der Waals surface area contributed by atoms with Gasteiger partial charge in [0.2, 0.25) is 0 Å². The minimum atomic E-state index is -0.582. The lowest BCUT2D eigenvalue weighted by molar-refractivity contribution is -0.151. The van der Waals surface area contributed by atoms with Crippen molar-refractivity contribution < 1.29 is 18.7 Å². The van der Waals surface area contributed by atoms with E-state index in [1.807, 2.05) is 0 Å². The van der Waals surface area contributed by atoms with E-state index in [1.54, 1.807) is 12.1 Å². The molecule has 1 aliphatic rings. The molecular formula is C9H6O4. The molecule has 1 fully saturated rings. The third-order valence-electron chi connectivity index (χ3n) is 1.66. The Hall–Kier alpha value is -1.84. The fraction of sp³-hybridized carbons (Fsp3) is 0.111. The zero-order chi connectivity index (χ0) is 9.26. The molecule has 0 aromatic carbocycles. The maximum Gasteiger partial charge on any atom is 0.342 e. The predicted molar refractivity (Wildman–Crippen MR) is 42.4 cm³/mol. The maximum absolute atomic E-state index is 11.0. The van der Waals surface area contributed by atoms with Crippen LogP contribution in [0.5, 0.6) is 0 Å². The molecule has 2 rings (SSSR count). The Kier molecular flexibility index (Phi) is 1.73. The fourth-order valence-corrected chi connectivity index (χ4v) is 1.09. The van der Waals surface area contributed by atoms with E-state index in [0.29, 0.717) is 11.3 Å². The number of cyclic esters (lactones) is 2. The van der Waals surface area contributed by atoms with Gasteiger partial charge in [0.25, 0.3) is 0 Å². The van der Waals surface area contributed by atoms with E-state index in [1.165, 1.54) is 12.3 Å². The number of furan rings is 1. The highest BCUT2D eigenvalue weighted by Gasteiger charge is 2.26. The molecule has 0 bridgehead atoms. The third kappa shape index (κ3) is 1.51. The lowest BCUT2D eigenvalue weighted by atomic mass is 10.2. The number of ether oxygens (including phenoxy) is 1. The molecule has 0 aliphatic carbocycles. The topological polar surface area (TPSA) is 56.5 Å². The van der Waals surface area contributed by atoms with Crippen LogP contribution in [0, 0.1) is 0 Å². The van der Waals surface area contributed by atoms with E-state index in [-0.39, 0.29) is 6.42 Å². The summed E-state index contributed by atoms with van der Waals surface area (Å²) in [5, 5.41) is 0. The van der Waals surface area contributed by atoms with Gasteiger partial charge in [-0.3, -0.25) is 4.79 Å². The molecule has 66 valence electrons. The van der Waals surface area contributed by atoms with Crippen molar-refractivity contribution in [3.05, 3.63) is 29.7 Å². The van der Waals surface area contributed by atoms with Gasteiger partial charge >= 0.3 is 11.9 Å². The van der Waals surface area contributed by atoms with Crippen molar-refractivity contribution in [2.45, 2.75) is 6.42 Å². The average Bonchev–Trinajstić information content (AvgIpc) is 2.63. The average molecular weight is 178 g/mol. The van der Waals surface area contributed by atoms with Crippen molar-refractivity contribution in [2.75, 3.05) is 0 Å². The van der Waals surface area contributed by atoms with Crippen LogP contribution in [-0.4, -0.2) is 11.9 Å². The Balaban J connectivity index is 2.27. The van der Waals surface area contributed by atoms with Crippen molar-refractivity contribution in [2.24, 2.45) is 0 Å². The fourth-order valence-electron chi connectivity index (χ4n) is 1.09. The Morgan fingerprint density at radius 1 is 1.38 bits per heavy atom. The lowest BCUT2D eigenvalue weighted by Crippen LogP contribution is -1.96. The van der Waals surface area contributed by atoms with Gasteiger partial charge < -0.3 is 9.15 Å². The molecule has 2 heterocycles. The summed E-state index contributed by atoms with van der Waals surface area (Å²) < 4.78 is 9.32. The van der Waals surface area contributed by atoms with Gasteiger partial charge in [0.15, 0.2) is 0 Å². The minimum Gasteiger partial charge on any atom is -0.465 e. The van der Waals surface area contributed by atoms with Gasteiger partial charge in [-0.25, -0.2) is 4.79 Å². The first kappa shape index (κ1) is 7.79. The molecule has 1 aromatic heterocycles. The Morgan fingerprint density at radius 2 is 2.23 bits per heavy atom. The zero-order valence-electron chi connectivity index (χ0n) is 6.65. The normalized spacial score (nSPS) is 19.5. The van der Waals surface area contributed by atoms with Gasteiger partial charge in [-0.15, -0.1) is 0 Å². The highest BCUT2D eigenvalue weighted by atomic mass is 16.6. The van der Waals surface area contributed by atoms with Crippen molar-refractivity contribution in [3.8, 4) is 0 Å². The second-order valence-electron chi connectivity index (χ2n) is 2.62. The van der Waals surface area contributed by atoms with Gasteiger partial charge in [-0.2, -0.15) is 0 Å². The molecule has 4 nitrogen and oxygen atoms in total. The second kappa shape index (κ2) is 2.90. The van der Waals surface area contributed by atoms with Crippen molar-refractivity contribution in [1.29, 1.82) is 0 Å². The molecule has 0 saturated carbocycles. The van der Waals surface area contributed by atoms with Crippen LogP contribution >= 0.6 is 0 Å². The van der Waals surface area contributed by atoms with E-state index in [2.05, 4.69) is 4.74 Å². The van der Waals surface area contributed by atoms with E-state index in [4.69, 9.17) is 4.42 Å². The first-order valence-corrected chi connectivity index (χ1v) is 3.75. The Labute approximate surface area is 73.8 Å². The van der Waals surface area contributed by atoms with Crippen LogP contribution in [0.3, 0.4) is 0 Å². The molecule has 13 heavy (non-hydrogen) atoms. The first-order valence-electron chi connectivity index (χ1n) is 3.75. The maximum atomic E-state index is 11.0. The summed E-state index contributed by atoms with van der Waals surface area (Å²) in [7, 11) is 0. The number of carbonyl (C=O) groups is 2. The van der Waals surface area contributed by atoms with Crippen LogP contribution in [0.25, 0.3) is 6.08 Å². The number of hydrogen-bond donors (Lipinski definition) is 0. The number of carbonyl (C=O) groups excluding carboxylic acids is 2. The molecular weight excluding hydrogens is 172 g/mol. The first-order chi connectivity index (χ1) is 6.25. The molecule has 0 spiro atoms. The van der Waals surface area contributed by atoms with Crippen LogP contribution in [0.2, 0.25) is 0 Å². The third-order valence-corrected chi connectivity index (χ3v) is 1.66. The van der Waals surface area contributed by atoms with E-state index in [0.717, 1.165) is 0 Å². The highest BCUT2D eigenvalue weighted by molar-refractivity contribution is 6.08. The summed E-state index contributed by atoms with van der Waals surface area (Å²) in [4.78, 5) is 21.6. The quantitative estimate of drug-likeness (QED) is 0.367. The molecule has 1 aromatic rings. The molecule has 1 saturated heterocycles. The van der Waals surface area contributed by atoms with Gasteiger partial charge in [0.1, 0.15) is 5.76 Å². The lowest BCUT2D eigenvalue weighted by Gasteiger charge is -1.87. The van der Waals surface area contributed by atoms with Crippen LogP contribution in [-0.2, 0) is 14.3 Å². The minimum absolute atomic E-state index is 0.0273. The summed E-state index contributed by atoms with van der Waals surface area (Å²) in [6.07, 6.45) is 3.03. The van der Waals surface area contributed by atoms with E-state index >= 15 is 0 Å². The number of hydrogen-bond acceptors (Lipinski definition) is 4. The molecule has 0 atom stereocenters. The van der Waals surface area contributed by atoms with Crippen molar-refractivity contribution in [3.63, 3.8) is 0 Å². The summed E-state index contributed by atoms with van der Waals surface area (Å²) in [5.74, 6) is -0.550. The summed E-state index contributed by atoms with van der Waals surface area (Å²) >= 11 is 0. The van der Waals surface area contributed by atoms with E-state index in [9.17, 15) is 9.59 Å². The van der Waals surface area contributed by atoms with E-state index < -0.39 is 11.9 Å². The SMILES string of the molecule is O=C1C/C(=C/c2ccco2)C(=O)O1.